The number of hydrogen-bond acceptors (Lipinski definition) is 2. The van der Waals surface area contributed by atoms with Gasteiger partial charge in [0.2, 0.25) is 0 Å². The molecule has 0 aliphatic heterocycles. The summed E-state index contributed by atoms with van der Waals surface area (Å²) in [5, 5.41) is 2.72. The van der Waals surface area contributed by atoms with E-state index in [1.165, 1.54) is 0 Å². The molecule has 2 rings (SSSR count). The number of halogens is 2. The first-order valence-corrected chi connectivity index (χ1v) is 6.43. The number of carbonyl (C=O) groups excluding carboxylic acids is 1. The molecule has 0 radical (unpaired) electrons. The quantitative estimate of drug-likeness (QED) is 0.831. The molecule has 17 heavy (non-hydrogen) atoms. The number of nitrogens with one attached hydrogen (secondary N) is 1. The molecule has 0 saturated heterocycles. The zero-order valence-corrected chi connectivity index (χ0v) is 11.8. The second-order valence-corrected chi connectivity index (χ2v) is 5.03. The maximum atomic E-state index is 11.9. The number of amides is 1. The molecule has 0 unspecified atom stereocenters. The summed E-state index contributed by atoms with van der Waals surface area (Å²) in [7, 11) is 0. The van der Waals surface area contributed by atoms with E-state index in [-0.39, 0.29) is 5.91 Å². The Morgan fingerprint density at radius 3 is 2.41 bits per heavy atom. The molecular formula is C12H8Br2N2O. The summed E-state index contributed by atoms with van der Waals surface area (Å²) >= 11 is 6.57. The number of anilines is 1. The first kappa shape index (κ1) is 12.3. The minimum absolute atomic E-state index is 0.178. The summed E-state index contributed by atoms with van der Waals surface area (Å²) in [5.74, 6) is 0.343. The summed E-state index contributed by atoms with van der Waals surface area (Å²) < 4.78 is 1.63. The number of carbonyl (C=O) groups is 1. The number of hydrogen-bond donors (Lipinski definition) is 1. The van der Waals surface area contributed by atoms with Crippen LogP contribution in [0.15, 0.2) is 51.5 Å². The Balaban J connectivity index is 2.14. The van der Waals surface area contributed by atoms with Gasteiger partial charge in [-0.05, 0) is 52.3 Å². The maximum absolute atomic E-state index is 11.9. The highest BCUT2D eigenvalue weighted by Crippen LogP contribution is 2.13. The zero-order valence-electron chi connectivity index (χ0n) is 8.65. The lowest BCUT2D eigenvalue weighted by Crippen LogP contribution is -2.12. The van der Waals surface area contributed by atoms with Gasteiger partial charge >= 0.3 is 0 Å². The van der Waals surface area contributed by atoms with Gasteiger partial charge in [0, 0.05) is 10.0 Å². The molecule has 0 aliphatic rings. The van der Waals surface area contributed by atoms with Crippen LogP contribution in [-0.4, -0.2) is 10.9 Å². The van der Waals surface area contributed by atoms with E-state index in [4.69, 9.17) is 0 Å². The topological polar surface area (TPSA) is 42.0 Å². The van der Waals surface area contributed by atoms with Crippen molar-refractivity contribution in [2.45, 2.75) is 0 Å². The van der Waals surface area contributed by atoms with Gasteiger partial charge in [-0.15, -0.1) is 0 Å². The Hall–Kier alpha value is -1.20. The lowest BCUT2D eigenvalue weighted by atomic mass is 10.2. The average Bonchev–Trinajstić information content (AvgIpc) is 2.29. The van der Waals surface area contributed by atoms with Crippen molar-refractivity contribution in [1.82, 2.24) is 4.98 Å². The normalized spacial score (nSPS) is 10.0. The molecule has 0 bridgehead atoms. The van der Waals surface area contributed by atoms with Crippen molar-refractivity contribution >= 4 is 43.6 Å². The maximum Gasteiger partial charge on any atom is 0.256 e. The first-order valence-electron chi connectivity index (χ1n) is 4.84. The Kier molecular flexibility index (Phi) is 3.91. The van der Waals surface area contributed by atoms with Gasteiger partial charge in [0.05, 0.1) is 0 Å². The number of pyridine rings is 1. The van der Waals surface area contributed by atoms with E-state index < -0.39 is 0 Å². The third kappa shape index (κ3) is 3.38. The molecule has 0 spiro atoms. The van der Waals surface area contributed by atoms with Crippen molar-refractivity contribution in [1.29, 1.82) is 0 Å². The van der Waals surface area contributed by atoms with E-state index in [2.05, 4.69) is 42.2 Å². The molecule has 5 heteroatoms. The summed E-state index contributed by atoms with van der Waals surface area (Å²) in [5.41, 5.74) is 0.593. The highest BCUT2D eigenvalue weighted by molar-refractivity contribution is 9.10. The highest BCUT2D eigenvalue weighted by atomic mass is 79.9. The van der Waals surface area contributed by atoms with Crippen molar-refractivity contribution in [3.05, 3.63) is 57.1 Å². The molecular weight excluding hydrogens is 348 g/mol. The SMILES string of the molecule is O=C(Nc1cccc(Br)n1)c1ccc(Br)cc1. The van der Waals surface area contributed by atoms with Crippen LogP contribution in [0.5, 0.6) is 0 Å². The first-order chi connectivity index (χ1) is 8.15. The molecule has 0 aliphatic carbocycles. The Bertz CT molecular complexity index is 540. The second-order valence-electron chi connectivity index (χ2n) is 3.31. The van der Waals surface area contributed by atoms with Gasteiger partial charge in [0.1, 0.15) is 10.4 Å². The predicted octanol–water partition coefficient (Wildman–Crippen LogP) is 3.86. The monoisotopic (exact) mass is 354 g/mol. The van der Waals surface area contributed by atoms with Gasteiger partial charge in [-0.1, -0.05) is 22.0 Å². The molecule has 1 aromatic carbocycles. The van der Waals surface area contributed by atoms with Crippen LogP contribution in [0, 0.1) is 0 Å². The smallest absolute Gasteiger partial charge is 0.256 e. The van der Waals surface area contributed by atoms with Crippen molar-refractivity contribution in [3.63, 3.8) is 0 Å². The second kappa shape index (κ2) is 5.42. The van der Waals surface area contributed by atoms with E-state index in [9.17, 15) is 4.79 Å². The van der Waals surface area contributed by atoms with Gasteiger partial charge in [0.15, 0.2) is 0 Å². The van der Waals surface area contributed by atoms with E-state index in [0.29, 0.717) is 16.0 Å². The zero-order chi connectivity index (χ0) is 12.3. The third-order valence-electron chi connectivity index (χ3n) is 2.06. The lowest BCUT2D eigenvalue weighted by molar-refractivity contribution is 0.102. The molecule has 0 atom stereocenters. The molecule has 1 N–H and O–H groups in total. The van der Waals surface area contributed by atoms with Crippen LogP contribution in [0.3, 0.4) is 0 Å². The predicted molar refractivity (Wildman–Crippen MR) is 74.0 cm³/mol. The Morgan fingerprint density at radius 1 is 1.06 bits per heavy atom. The number of aromatic nitrogens is 1. The fraction of sp³-hybridized carbons (Fsp3) is 0. The van der Waals surface area contributed by atoms with E-state index in [0.717, 1.165) is 4.47 Å². The van der Waals surface area contributed by atoms with Crippen LogP contribution in [0.2, 0.25) is 0 Å². The van der Waals surface area contributed by atoms with Crippen LogP contribution in [0.25, 0.3) is 0 Å². The van der Waals surface area contributed by atoms with Gasteiger partial charge in [-0.2, -0.15) is 0 Å². The Labute approximate surface area is 116 Å². The third-order valence-corrected chi connectivity index (χ3v) is 3.03. The molecule has 2 aromatic rings. The van der Waals surface area contributed by atoms with Crippen LogP contribution >= 0.6 is 31.9 Å². The molecule has 1 amide bonds. The van der Waals surface area contributed by atoms with Crippen LogP contribution in [-0.2, 0) is 0 Å². The van der Waals surface area contributed by atoms with Crippen molar-refractivity contribution in [2.24, 2.45) is 0 Å². The fourth-order valence-corrected chi connectivity index (χ4v) is 1.88. The summed E-state index contributed by atoms with van der Waals surface area (Å²) in [6.45, 7) is 0. The molecule has 3 nitrogen and oxygen atoms in total. The highest BCUT2D eigenvalue weighted by Gasteiger charge is 2.06. The minimum atomic E-state index is -0.178. The molecule has 0 fully saturated rings. The number of benzene rings is 1. The van der Waals surface area contributed by atoms with E-state index in [1.54, 1.807) is 24.3 Å². The molecule has 86 valence electrons. The van der Waals surface area contributed by atoms with Gasteiger partial charge in [-0.25, -0.2) is 4.98 Å². The van der Waals surface area contributed by atoms with Crippen LogP contribution < -0.4 is 5.32 Å². The van der Waals surface area contributed by atoms with E-state index in [1.807, 2.05) is 18.2 Å². The summed E-state index contributed by atoms with van der Waals surface area (Å²) in [4.78, 5) is 16.0. The standard InChI is InChI=1S/C12H8Br2N2O/c13-9-6-4-8(5-7-9)12(17)16-11-3-1-2-10(14)15-11/h1-7H,(H,15,16,17). The van der Waals surface area contributed by atoms with Crippen molar-refractivity contribution in [2.75, 3.05) is 5.32 Å². The molecule has 0 saturated carbocycles. The Morgan fingerprint density at radius 2 is 1.76 bits per heavy atom. The average molecular weight is 356 g/mol. The van der Waals surface area contributed by atoms with E-state index >= 15 is 0 Å². The van der Waals surface area contributed by atoms with Gasteiger partial charge in [0.25, 0.3) is 5.91 Å². The summed E-state index contributed by atoms with van der Waals surface area (Å²) in [6.07, 6.45) is 0. The van der Waals surface area contributed by atoms with Crippen LogP contribution in [0.4, 0.5) is 5.82 Å². The van der Waals surface area contributed by atoms with Crippen LogP contribution in [0.1, 0.15) is 10.4 Å². The van der Waals surface area contributed by atoms with Gasteiger partial charge < -0.3 is 5.32 Å². The van der Waals surface area contributed by atoms with Crippen molar-refractivity contribution in [3.8, 4) is 0 Å². The van der Waals surface area contributed by atoms with Crippen molar-refractivity contribution < 1.29 is 4.79 Å². The van der Waals surface area contributed by atoms with Gasteiger partial charge in [-0.3, -0.25) is 4.79 Å². The largest absolute Gasteiger partial charge is 0.307 e. The molecule has 1 aromatic heterocycles. The molecule has 1 heterocycles. The summed E-state index contributed by atoms with van der Waals surface area (Å²) in [6, 6.07) is 12.5. The fourth-order valence-electron chi connectivity index (χ4n) is 1.27. The number of nitrogens with zero attached hydrogens (tertiary/aromatic N) is 1. The minimum Gasteiger partial charge on any atom is -0.307 e. The number of rotatable bonds is 2. The lowest BCUT2D eigenvalue weighted by Gasteiger charge is -2.04.